The van der Waals surface area contributed by atoms with E-state index in [1.807, 2.05) is 21.1 Å². The number of allylic oxidation sites excluding steroid dienone is 18. The molecule has 0 aliphatic carbocycles. The second kappa shape index (κ2) is 62.2. The largest absolute Gasteiger partial charge is 0.756 e. The van der Waals surface area contributed by atoms with E-state index in [-0.39, 0.29) is 32.0 Å². The minimum atomic E-state index is -4.64. The van der Waals surface area contributed by atoms with E-state index in [1.165, 1.54) is 148 Å². The van der Waals surface area contributed by atoms with Crippen molar-refractivity contribution >= 4 is 19.8 Å². The first-order valence-corrected chi connectivity index (χ1v) is 35.1. The molecule has 0 aromatic carbocycles. The lowest BCUT2D eigenvalue weighted by Gasteiger charge is -2.28. The van der Waals surface area contributed by atoms with Gasteiger partial charge in [0.25, 0.3) is 7.82 Å². The average molecular weight is 1160 g/mol. The maximum absolute atomic E-state index is 12.8. The molecule has 0 rings (SSSR count). The summed E-state index contributed by atoms with van der Waals surface area (Å²) in [5.74, 6) is -0.837. The number of unbranched alkanes of at least 4 members (excludes halogenated alkanes) is 29. The van der Waals surface area contributed by atoms with Crippen LogP contribution in [-0.2, 0) is 32.7 Å². The van der Waals surface area contributed by atoms with Crippen LogP contribution in [0.2, 0.25) is 0 Å². The van der Waals surface area contributed by atoms with Crippen LogP contribution in [0.4, 0.5) is 0 Å². The average Bonchev–Trinajstić information content (AvgIpc) is 3.45. The van der Waals surface area contributed by atoms with Crippen molar-refractivity contribution in [1.29, 1.82) is 0 Å². The topological polar surface area (TPSA) is 111 Å². The summed E-state index contributed by atoms with van der Waals surface area (Å²) in [6, 6.07) is 0. The summed E-state index contributed by atoms with van der Waals surface area (Å²) in [6.45, 7) is 4.11. The van der Waals surface area contributed by atoms with Gasteiger partial charge in [-0.3, -0.25) is 14.2 Å². The molecule has 0 saturated carbocycles. The number of nitrogens with zero attached hydrogens (tertiary/aromatic N) is 1. The van der Waals surface area contributed by atoms with E-state index in [1.54, 1.807) is 0 Å². The van der Waals surface area contributed by atoms with Gasteiger partial charge in [-0.15, -0.1) is 0 Å². The van der Waals surface area contributed by atoms with Gasteiger partial charge in [-0.1, -0.05) is 277 Å². The Morgan fingerprint density at radius 1 is 0.390 bits per heavy atom. The molecule has 0 aromatic rings. The number of esters is 2. The van der Waals surface area contributed by atoms with Crippen molar-refractivity contribution in [2.75, 3.05) is 47.5 Å². The molecule has 0 aromatic heterocycles. The lowest BCUT2D eigenvalue weighted by atomic mass is 10.0. The molecule has 0 aliphatic rings. The molecule has 0 saturated heterocycles. The fraction of sp³-hybridized carbons (Fsp3) is 0.722. The van der Waals surface area contributed by atoms with Crippen LogP contribution in [0, 0.1) is 0 Å². The Morgan fingerprint density at radius 3 is 1.04 bits per heavy atom. The van der Waals surface area contributed by atoms with Crippen LogP contribution in [0.1, 0.15) is 284 Å². The third-order valence-electron chi connectivity index (χ3n) is 14.3. The first-order valence-electron chi connectivity index (χ1n) is 33.6. The van der Waals surface area contributed by atoms with Crippen LogP contribution < -0.4 is 4.89 Å². The van der Waals surface area contributed by atoms with Gasteiger partial charge in [0.15, 0.2) is 6.10 Å². The first-order chi connectivity index (χ1) is 40.0. The van der Waals surface area contributed by atoms with Gasteiger partial charge in [0.1, 0.15) is 19.8 Å². The Kier molecular flexibility index (Phi) is 59.7. The van der Waals surface area contributed by atoms with Crippen LogP contribution in [0.5, 0.6) is 0 Å². The van der Waals surface area contributed by atoms with Crippen molar-refractivity contribution in [2.24, 2.45) is 0 Å². The van der Waals surface area contributed by atoms with E-state index in [0.717, 1.165) is 103 Å². The summed E-state index contributed by atoms with van der Waals surface area (Å²) in [7, 11) is 1.16. The van der Waals surface area contributed by atoms with Gasteiger partial charge < -0.3 is 27.9 Å². The third kappa shape index (κ3) is 65.8. The fourth-order valence-electron chi connectivity index (χ4n) is 9.14. The smallest absolute Gasteiger partial charge is 0.306 e. The molecule has 2 unspecified atom stereocenters. The van der Waals surface area contributed by atoms with Gasteiger partial charge in [0.05, 0.1) is 27.7 Å². The van der Waals surface area contributed by atoms with E-state index in [0.29, 0.717) is 17.4 Å². The van der Waals surface area contributed by atoms with Gasteiger partial charge in [-0.2, -0.15) is 0 Å². The van der Waals surface area contributed by atoms with Crippen LogP contribution >= 0.6 is 7.82 Å². The van der Waals surface area contributed by atoms with Crippen molar-refractivity contribution in [3.8, 4) is 0 Å². The number of phosphoric acid groups is 1. The Labute approximate surface area is 506 Å². The summed E-state index contributed by atoms with van der Waals surface area (Å²) < 4.78 is 34.2. The molecule has 472 valence electrons. The molecule has 9 nitrogen and oxygen atoms in total. The Hall–Kier alpha value is -3.33. The summed E-state index contributed by atoms with van der Waals surface area (Å²) >= 11 is 0. The van der Waals surface area contributed by atoms with Gasteiger partial charge in [0.2, 0.25) is 0 Å². The molecule has 0 fully saturated rings. The predicted octanol–water partition coefficient (Wildman–Crippen LogP) is 21.1. The van der Waals surface area contributed by atoms with E-state index >= 15 is 0 Å². The summed E-state index contributed by atoms with van der Waals surface area (Å²) in [5.41, 5.74) is 0. The molecule has 0 N–H and O–H groups in total. The molecule has 2 atom stereocenters. The lowest BCUT2D eigenvalue weighted by molar-refractivity contribution is -0.870. The number of hydrogen-bond donors (Lipinski definition) is 0. The summed E-state index contributed by atoms with van der Waals surface area (Å²) in [6.07, 6.45) is 87.4. The van der Waals surface area contributed by atoms with Crippen molar-refractivity contribution in [3.63, 3.8) is 0 Å². The predicted molar refractivity (Wildman–Crippen MR) is 351 cm³/mol. The standard InChI is InChI=1S/C72H126NO8P/c1-6-8-10-12-14-16-18-20-22-24-25-26-27-28-29-30-31-32-33-34-35-36-37-38-39-40-41-42-43-44-45-46-47-49-51-53-55-57-59-61-63-65-72(75)81-70(69-80-82(76,77)79-67-66-73(3,4)5)68-78-71(74)64-62-60-58-56-54-52-50-48-23-21-19-17-15-13-11-9-7-2/h8,10,14-17,20-23,25-26,28-29,31-32,34-35,70H,6-7,9,11-13,18-19,24,27,30,33,36-69H2,1-5H3/b10-8-,16-14-,17-15-,22-20-,23-21-,26-25-,29-28-,32-31-,35-34-. The Balaban J connectivity index is 3.97. The molecule has 10 heteroatoms. The third-order valence-corrected chi connectivity index (χ3v) is 15.2. The van der Waals surface area contributed by atoms with Crippen LogP contribution in [0.25, 0.3) is 0 Å². The highest BCUT2D eigenvalue weighted by atomic mass is 31.2. The second-order valence-corrected chi connectivity index (χ2v) is 24.9. The second-order valence-electron chi connectivity index (χ2n) is 23.5. The lowest BCUT2D eigenvalue weighted by Crippen LogP contribution is -2.37. The fourth-order valence-corrected chi connectivity index (χ4v) is 9.87. The molecular formula is C72H126NO8P. The highest BCUT2D eigenvalue weighted by molar-refractivity contribution is 7.45. The van der Waals surface area contributed by atoms with Crippen molar-refractivity contribution < 1.29 is 42.1 Å². The number of quaternary nitrogens is 1. The quantitative estimate of drug-likeness (QED) is 0.0195. The zero-order valence-corrected chi connectivity index (χ0v) is 54.6. The van der Waals surface area contributed by atoms with Crippen LogP contribution in [-0.4, -0.2) is 70.0 Å². The zero-order chi connectivity index (χ0) is 59.8. The first kappa shape index (κ1) is 78.7. The number of carbonyl (C=O) groups excluding carboxylic acids is 2. The maximum Gasteiger partial charge on any atom is 0.306 e. The van der Waals surface area contributed by atoms with Gasteiger partial charge in [-0.25, -0.2) is 0 Å². The normalized spacial score (nSPS) is 13.9. The monoisotopic (exact) mass is 1160 g/mol. The molecular weight excluding hydrogens is 1040 g/mol. The Morgan fingerprint density at radius 2 is 0.695 bits per heavy atom. The summed E-state index contributed by atoms with van der Waals surface area (Å²) in [4.78, 5) is 37.9. The molecule has 0 bridgehead atoms. The number of hydrogen-bond acceptors (Lipinski definition) is 8. The minimum Gasteiger partial charge on any atom is -0.756 e. The molecule has 0 amide bonds. The van der Waals surface area contributed by atoms with Crippen LogP contribution in [0.15, 0.2) is 109 Å². The highest BCUT2D eigenvalue weighted by Crippen LogP contribution is 2.38. The maximum atomic E-state index is 12.8. The van der Waals surface area contributed by atoms with E-state index in [9.17, 15) is 19.0 Å². The van der Waals surface area contributed by atoms with Crippen molar-refractivity contribution in [2.45, 2.75) is 290 Å². The molecule has 0 heterocycles. The number of ether oxygens (including phenoxy) is 2. The highest BCUT2D eigenvalue weighted by Gasteiger charge is 2.22. The SMILES string of the molecule is CC/C=C\C/C=C\C/C=C\C/C=C\C/C=C\C/C=C\C/C=C\CCCCCCCCCCCCCCCCCCCCCC(=O)OC(COC(=O)CCCCCCCCC/C=C\C/C=C\CCCCC)COP(=O)([O-])OCC[N+](C)(C)C. The molecule has 0 radical (unpaired) electrons. The van der Waals surface area contributed by atoms with Crippen molar-refractivity contribution in [1.82, 2.24) is 0 Å². The number of carbonyl (C=O) groups is 2. The molecule has 0 spiro atoms. The minimum absolute atomic E-state index is 0.0344. The van der Waals surface area contributed by atoms with Gasteiger partial charge in [0, 0.05) is 12.8 Å². The number of rotatable bonds is 61. The Bertz CT molecular complexity index is 1750. The van der Waals surface area contributed by atoms with Gasteiger partial charge in [-0.05, 0) is 103 Å². The molecule has 82 heavy (non-hydrogen) atoms. The van der Waals surface area contributed by atoms with Crippen molar-refractivity contribution in [3.05, 3.63) is 109 Å². The van der Waals surface area contributed by atoms with E-state index in [4.69, 9.17) is 18.5 Å². The van der Waals surface area contributed by atoms with Crippen LogP contribution in [0.3, 0.4) is 0 Å². The van der Waals surface area contributed by atoms with E-state index in [2.05, 4.69) is 123 Å². The zero-order valence-electron chi connectivity index (χ0n) is 53.7. The molecule has 0 aliphatic heterocycles. The number of phosphoric ester groups is 1. The van der Waals surface area contributed by atoms with E-state index < -0.39 is 26.5 Å². The number of likely N-dealkylation sites (N-methyl/N-ethyl adjacent to an activating group) is 1. The summed E-state index contributed by atoms with van der Waals surface area (Å²) in [5, 5.41) is 0. The van der Waals surface area contributed by atoms with Gasteiger partial charge >= 0.3 is 11.9 Å².